The molecule has 12 heteroatoms. The zero-order valence-corrected chi connectivity index (χ0v) is 23.6. The number of para-hydroxylation sites is 1. The van der Waals surface area contributed by atoms with E-state index < -0.39 is 39.6 Å². The van der Waals surface area contributed by atoms with Crippen molar-refractivity contribution in [3.05, 3.63) is 108 Å². The van der Waals surface area contributed by atoms with Gasteiger partial charge >= 0.3 is 5.97 Å². The monoisotopic (exact) mass is 608 g/mol. The maximum Gasteiger partial charge on any atom is 0.335 e. The van der Waals surface area contributed by atoms with Crippen LogP contribution in [0.25, 0.3) is 11.1 Å². The number of nitrogens with one attached hydrogen (secondary N) is 1. The summed E-state index contributed by atoms with van der Waals surface area (Å²) < 4.78 is 67.8. The minimum absolute atomic E-state index is 0.0509. The number of aromatic carboxylic acids is 1. The first kappa shape index (κ1) is 29.5. The molecule has 0 spiro atoms. The lowest BCUT2D eigenvalue weighted by Gasteiger charge is -2.27. The Morgan fingerprint density at radius 1 is 1.00 bits per heavy atom. The van der Waals surface area contributed by atoms with Gasteiger partial charge in [-0.05, 0) is 65.7 Å². The summed E-state index contributed by atoms with van der Waals surface area (Å²) in [6, 6.07) is 18.2. The molecule has 0 aromatic heterocycles. The molecule has 1 heterocycles. The SMILES string of the molecule is COc1cccc2c1N(S(=O)(=O)c1ccc(-c3ccc(F)cc3F)cc1)C(C(=O)NCCOc1ccc(C(=O)O)cc1)C2. The van der Waals surface area contributed by atoms with Crippen LogP contribution in [0.1, 0.15) is 15.9 Å². The third-order valence-electron chi connectivity index (χ3n) is 6.95. The number of rotatable bonds is 10. The minimum atomic E-state index is -4.32. The maximum absolute atomic E-state index is 14.3. The Labute approximate surface area is 246 Å². The molecule has 1 atom stereocenters. The molecule has 2 N–H and O–H groups in total. The van der Waals surface area contributed by atoms with Gasteiger partial charge in [-0.3, -0.25) is 4.79 Å². The third-order valence-corrected chi connectivity index (χ3v) is 8.77. The number of halogens is 2. The summed E-state index contributed by atoms with van der Waals surface area (Å²) in [6.07, 6.45) is 0.0912. The molecule has 0 saturated heterocycles. The van der Waals surface area contributed by atoms with Gasteiger partial charge in [-0.2, -0.15) is 0 Å². The largest absolute Gasteiger partial charge is 0.495 e. The van der Waals surface area contributed by atoms with Crippen molar-refractivity contribution in [1.82, 2.24) is 5.32 Å². The number of carboxylic acid groups (broad SMARTS) is 1. The van der Waals surface area contributed by atoms with E-state index in [1.165, 1.54) is 61.7 Å². The van der Waals surface area contributed by atoms with Crippen LogP contribution in [0.4, 0.5) is 14.5 Å². The molecule has 1 aliphatic rings. The average molecular weight is 609 g/mol. The van der Waals surface area contributed by atoms with Crippen LogP contribution in [-0.2, 0) is 21.2 Å². The quantitative estimate of drug-likeness (QED) is 0.251. The van der Waals surface area contributed by atoms with Crippen LogP contribution in [0.2, 0.25) is 0 Å². The van der Waals surface area contributed by atoms with E-state index in [1.807, 2.05) is 0 Å². The number of carbonyl (C=O) groups excluding carboxylic acids is 1. The molecular weight excluding hydrogens is 582 g/mol. The number of carbonyl (C=O) groups is 2. The van der Waals surface area contributed by atoms with Gasteiger partial charge in [0.25, 0.3) is 10.0 Å². The van der Waals surface area contributed by atoms with E-state index in [2.05, 4.69) is 5.32 Å². The summed E-state index contributed by atoms with van der Waals surface area (Å²) in [7, 11) is -2.92. The van der Waals surface area contributed by atoms with E-state index in [0.717, 1.165) is 16.4 Å². The lowest BCUT2D eigenvalue weighted by Crippen LogP contribution is -2.48. The number of sulfonamides is 1. The summed E-state index contributed by atoms with van der Waals surface area (Å²) >= 11 is 0. The van der Waals surface area contributed by atoms with Crippen molar-refractivity contribution in [1.29, 1.82) is 0 Å². The average Bonchev–Trinajstić information content (AvgIpc) is 3.41. The Hall–Kier alpha value is -4.97. The van der Waals surface area contributed by atoms with Crippen molar-refractivity contribution >= 4 is 27.6 Å². The molecule has 1 amide bonds. The number of hydrogen-bond donors (Lipinski definition) is 2. The molecule has 222 valence electrons. The van der Waals surface area contributed by atoms with Crippen molar-refractivity contribution < 1.29 is 41.4 Å². The summed E-state index contributed by atoms with van der Waals surface area (Å²) in [6.45, 7) is 0.102. The van der Waals surface area contributed by atoms with E-state index in [9.17, 15) is 26.8 Å². The van der Waals surface area contributed by atoms with Gasteiger partial charge in [-0.1, -0.05) is 24.3 Å². The number of amides is 1. The summed E-state index contributed by atoms with van der Waals surface area (Å²) in [5, 5.41) is 11.7. The van der Waals surface area contributed by atoms with Crippen LogP contribution in [-0.4, -0.2) is 51.7 Å². The number of fused-ring (bicyclic) bond motifs is 1. The van der Waals surface area contributed by atoms with E-state index in [1.54, 1.807) is 18.2 Å². The van der Waals surface area contributed by atoms with Gasteiger partial charge in [0.2, 0.25) is 5.91 Å². The zero-order chi connectivity index (χ0) is 30.7. The Bertz CT molecular complexity index is 1780. The molecule has 1 unspecified atom stereocenters. The molecule has 9 nitrogen and oxygen atoms in total. The lowest BCUT2D eigenvalue weighted by molar-refractivity contribution is -0.122. The third kappa shape index (κ3) is 6.00. The molecule has 4 aromatic rings. The number of nitrogens with zero attached hydrogens (tertiary/aromatic N) is 1. The fraction of sp³-hybridized carbons (Fsp3) is 0.161. The van der Waals surface area contributed by atoms with Crippen molar-refractivity contribution in [2.45, 2.75) is 17.4 Å². The minimum Gasteiger partial charge on any atom is -0.495 e. The first-order valence-electron chi connectivity index (χ1n) is 13.1. The predicted molar refractivity (Wildman–Crippen MR) is 154 cm³/mol. The van der Waals surface area contributed by atoms with E-state index in [-0.39, 0.29) is 47.0 Å². The number of ether oxygens (including phenoxy) is 2. The predicted octanol–water partition coefficient (Wildman–Crippen LogP) is 4.65. The van der Waals surface area contributed by atoms with Gasteiger partial charge in [-0.25, -0.2) is 26.3 Å². The fourth-order valence-electron chi connectivity index (χ4n) is 4.88. The highest BCUT2D eigenvalue weighted by Gasteiger charge is 2.44. The number of benzene rings is 4. The molecule has 0 radical (unpaired) electrons. The molecule has 5 rings (SSSR count). The van der Waals surface area contributed by atoms with Crippen LogP contribution in [0.15, 0.2) is 89.8 Å². The van der Waals surface area contributed by atoms with Crippen LogP contribution in [0.3, 0.4) is 0 Å². The Morgan fingerprint density at radius 3 is 2.37 bits per heavy atom. The second kappa shape index (κ2) is 12.1. The topological polar surface area (TPSA) is 122 Å². The van der Waals surface area contributed by atoms with Crippen LogP contribution < -0.4 is 19.1 Å². The van der Waals surface area contributed by atoms with Crippen molar-refractivity contribution in [2.24, 2.45) is 0 Å². The molecule has 0 bridgehead atoms. The molecule has 4 aromatic carbocycles. The second-order valence-electron chi connectivity index (χ2n) is 9.61. The van der Waals surface area contributed by atoms with Crippen LogP contribution in [0.5, 0.6) is 11.5 Å². The number of carboxylic acids is 1. The molecule has 0 saturated carbocycles. The zero-order valence-electron chi connectivity index (χ0n) is 22.8. The number of anilines is 1. The molecule has 0 fully saturated rings. The first-order chi connectivity index (χ1) is 20.6. The van der Waals surface area contributed by atoms with Gasteiger partial charge in [0.1, 0.15) is 35.8 Å². The van der Waals surface area contributed by atoms with E-state index >= 15 is 0 Å². The molecule has 0 aliphatic carbocycles. The van der Waals surface area contributed by atoms with Gasteiger partial charge in [0.05, 0.1) is 29.8 Å². The second-order valence-corrected chi connectivity index (χ2v) is 11.4. The number of hydrogen-bond acceptors (Lipinski definition) is 6. The standard InChI is InChI=1S/C31H26F2N2O7S/c1-41-28-4-2-3-21-17-27(30(36)34-15-16-42-23-10-5-20(6-11-23)31(37)38)35(29(21)28)43(39,40)24-12-7-19(8-13-24)25-14-9-22(32)18-26(25)33/h2-14,18,27H,15-17H2,1H3,(H,34,36)(H,37,38). The lowest BCUT2D eigenvalue weighted by atomic mass is 10.1. The molecule has 43 heavy (non-hydrogen) atoms. The van der Waals surface area contributed by atoms with E-state index in [4.69, 9.17) is 14.6 Å². The smallest absolute Gasteiger partial charge is 0.335 e. The van der Waals surface area contributed by atoms with Crippen LogP contribution >= 0.6 is 0 Å². The first-order valence-corrected chi connectivity index (χ1v) is 14.5. The Kier molecular flexibility index (Phi) is 8.31. The normalized spacial score (nSPS) is 14.2. The number of methoxy groups -OCH3 is 1. The maximum atomic E-state index is 14.3. The Balaban J connectivity index is 1.37. The van der Waals surface area contributed by atoms with Gasteiger partial charge in [0, 0.05) is 18.1 Å². The van der Waals surface area contributed by atoms with Crippen LogP contribution in [0, 0.1) is 11.6 Å². The van der Waals surface area contributed by atoms with Gasteiger partial charge in [-0.15, -0.1) is 0 Å². The summed E-state index contributed by atoms with van der Waals surface area (Å²) in [5.41, 5.74) is 1.41. The highest BCUT2D eigenvalue weighted by molar-refractivity contribution is 7.93. The van der Waals surface area contributed by atoms with Crippen molar-refractivity contribution in [3.63, 3.8) is 0 Å². The molecular formula is C31H26F2N2O7S. The van der Waals surface area contributed by atoms with E-state index in [0.29, 0.717) is 16.9 Å². The van der Waals surface area contributed by atoms with Gasteiger partial charge < -0.3 is 19.9 Å². The summed E-state index contributed by atoms with van der Waals surface area (Å²) in [5.74, 6) is -2.46. The summed E-state index contributed by atoms with van der Waals surface area (Å²) in [4.78, 5) is 24.3. The Morgan fingerprint density at radius 2 is 1.72 bits per heavy atom. The highest BCUT2D eigenvalue weighted by atomic mass is 32.2. The van der Waals surface area contributed by atoms with Crippen molar-refractivity contribution in [2.75, 3.05) is 24.6 Å². The highest BCUT2D eigenvalue weighted by Crippen LogP contribution is 2.43. The van der Waals surface area contributed by atoms with Crippen molar-refractivity contribution in [3.8, 4) is 22.6 Å². The molecule has 1 aliphatic heterocycles. The fourth-order valence-corrected chi connectivity index (χ4v) is 6.54. The van der Waals surface area contributed by atoms with Gasteiger partial charge in [0.15, 0.2) is 0 Å².